The fraction of sp³-hybridized carbons (Fsp3) is 0.346. The van der Waals surface area contributed by atoms with Crippen molar-refractivity contribution in [1.29, 1.82) is 0 Å². The third-order valence-corrected chi connectivity index (χ3v) is 6.84. The van der Waals surface area contributed by atoms with Crippen molar-refractivity contribution in [2.45, 2.75) is 0 Å². The van der Waals surface area contributed by atoms with Crippen LogP contribution in [0.25, 0.3) is 11.3 Å². The lowest BCUT2D eigenvalue weighted by molar-refractivity contribution is 0.0639. The number of nitrogens with one attached hydrogen (secondary N) is 2. The van der Waals surface area contributed by atoms with Gasteiger partial charge in [0.15, 0.2) is 17.4 Å². The molecule has 0 spiro atoms. The van der Waals surface area contributed by atoms with Gasteiger partial charge in [-0.25, -0.2) is 9.37 Å². The van der Waals surface area contributed by atoms with Crippen molar-refractivity contribution in [1.82, 2.24) is 24.7 Å². The predicted octanol–water partition coefficient (Wildman–Crippen LogP) is 3.26. The lowest BCUT2D eigenvalue weighted by atomic mass is 10.1. The van der Waals surface area contributed by atoms with Gasteiger partial charge in [0.2, 0.25) is 5.82 Å². The van der Waals surface area contributed by atoms with E-state index >= 15 is 0 Å². The summed E-state index contributed by atoms with van der Waals surface area (Å²) in [6.45, 7) is 4.62. The van der Waals surface area contributed by atoms with E-state index in [0.717, 1.165) is 26.2 Å². The zero-order valence-electron chi connectivity index (χ0n) is 21.4. The minimum Gasteiger partial charge on any atom is -0.494 e. The molecule has 2 N–H and O–H groups in total. The van der Waals surface area contributed by atoms with Gasteiger partial charge in [0, 0.05) is 57.6 Å². The summed E-state index contributed by atoms with van der Waals surface area (Å²) in [5.41, 5.74) is 0.856. The van der Waals surface area contributed by atoms with Crippen LogP contribution in [0.1, 0.15) is 21.0 Å². The minimum atomic E-state index is -1.13. The highest BCUT2D eigenvalue weighted by atomic mass is 35.5. The van der Waals surface area contributed by atoms with Crippen molar-refractivity contribution in [3.63, 3.8) is 0 Å². The van der Waals surface area contributed by atoms with E-state index in [0.29, 0.717) is 24.3 Å². The number of hydrogen-bond acceptors (Lipinski definition) is 6. The summed E-state index contributed by atoms with van der Waals surface area (Å²) in [7, 11) is 4.67. The molecule has 3 aromatic rings. The normalized spacial score (nSPS) is 14.0. The third-order valence-electron chi connectivity index (χ3n) is 6.53. The highest BCUT2D eigenvalue weighted by molar-refractivity contribution is 6.34. The second-order valence-corrected chi connectivity index (χ2v) is 9.26. The second-order valence-electron chi connectivity index (χ2n) is 8.86. The van der Waals surface area contributed by atoms with Crippen LogP contribution in [-0.2, 0) is 7.05 Å². The Labute approximate surface area is 224 Å². The molecule has 0 bridgehead atoms. The Kier molecular flexibility index (Phi) is 8.60. The summed E-state index contributed by atoms with van der Waals surface area (Å²) in [5.74, 6) is -3.23. The quantitative estimate of drug-likeness (QED) is 0.451. The molecule has 0 atom stereocenters. The summed E-state index contributed by atoms with van der Waals surface area (Å²) < 4.78 is 34.9. The first-order valence-electron chi connectivity index (χ1n) is 12.1. The van der Waals surface area contributed by atoms with E-state index in [2.05, 4.69) is 20.5 Å². The largest absolute Gasteiger partial charge is 0.494 e. The molecular weight excluding hydrogens is 518 g/mol. The molecule has 1 aromatic heterocycles. The van der Waals surface area contributed by atoms with Crippen molar-refractivity contribution in [3.8, 4) is 17.0 Å². The maximum Gasteiger partial charge on any atom is 0.291 e. The molecule has 0 radical (unpaired) electrons. The van der Waals surface area contributed by atoms with Crippen molar-refractivity contribution < 1.29 is 23.1 Å². The third kappa shape index (κ3) is 5.64. The molecule has 1 aliphatic rings. The number of carbonyl (C=O) groups is 2. The molecule has 2 aromatic carbocycles. The smallest absolute Gasteiger partial charge is 0.291 e. The van der Waals surface area contributed by atoms with Gasteiger partial charge in [-0.1, -0.05) is 11.6 Å². The lowest BCUT2D eigenvalue weighted by Gasteiger charge is -2.34. The van der Waals surface area contributed by atoms with E-state index in [1.807, 2.05) is 7.05 Å². The molecule has 0 saturated carbocycles. The maximum atomic E-state index is 14.6. The first kappa shape index (κ1) is 27.5. The number of imidazole rings is 1. The average Bonchev–Trinajstić information content (AvgIpc) is 3.30. The van der Waals surface area contributed by atoms with Crippen LogP contribution in [0, 0.1) is 11.6 Å². The maximum absolute atomic E-state index is 14.6. The van der Waals surface area contributed by atoms with E-state index in [1.165, 1.54) is 43.1 Å². The van der Waals surface area contributed by atoms with Crippen LogP contribution in [0.15, 0.2) is 36.5 Å². The van der Waals surface area contributed by atoms with E-state index < -0.39 is 17.5 Å². The molecule has 2 heterocycles. The fourth-order valence-electron chi connectivity index (χ4n) is 4.33. The number of ether oxygens (including phenoxy) is 1. The van der Waals surface area contributed by atoms with Crippen molar-refractivity contribution in [2.24, 2.45) is 7.05 Å². The molecular formula is C26H29ClF2N6O3. The Balaban J connectivity index is 1.44. The Morgan fingerprint density at radius 3 is 2.50 bits per heavy atom. The molecule has 9 nitrogen and oxygen atoms in total. The number of aromatic nitrogens is 2. The molecule has 1 fully saturated rings. The summed E-state index contributed by atoms with van der Waals surface area (Å²) >= 11 is 6.42. The van der Waals surface area contributed by atoms with Crippen molar-refractivity contribution in [2.75, 3.05) is 58.7 Å². The van der Waals surface area contributed by atoms with Crippen LogP contribution in [0.4, 0.5) is 14.5 Å². The highest BCUT2D eigenvalue weighted by Crippen LogP contribution is 2.30. The molecule has 1 aliphatic heterocycles. The van der Waals surface area contributed by atoms with Crippen LogP contribution in [0.2, 0.25) is 5.02 Å². The lowest BCUT2D eigenvalue weighted by Crippen LogP contribution is -2.49. The molecule has 0 aliphatic carbocycles. The van der Waals surface area contributed by atoms with Gasteiger partial charge in [-0.2, -0.15) is 4.39 Å². The van der Waals surface area contributed by atoms with Crippen LogP contribution >= 0.6 is 11.6 Å². The van der Waals surface area contributed by atoms with Gasteiger partial charge in [-0.05, 0) is 37.4 Å². The topological polar surface area (TPSA) is 91.7 Å². The number of likely N-dealkylation sites (N-methyl/N-ethyl adjacent to an activating group) is 1. The van der Waals surface area contributed by atoms with E-state index in [4.69, 9.17) is 16.3 Å². The van der Waals surface area contributed by atoms with Gasteiger partial charge >= 0.3 is 0 Å². The molecule has 4 rings (SSSR count). The van der Waals surface area contributed by atoms with Gasteiger partial charge in [-0.3, -0.25) is 14.5 Å². The SMILES string of the molecule is CNCCN1CCN(C(=O)c2ccc(NC(=O)c3ncc(-c4ccc(OC)c(F)c4F)n3C)cc2Cl)CC1. The van der Waals surface area contributed by atoms with Gasteiger partial charge < -0.3 is 24.8 Å². The van der Waals surface area contributed by atoms with Crippen LogP contribution in [0.5, 0.6) is 5.75 Å². The summed E-state index contributed by atoms with van der Waals surface area (Å²) in [5, 5.41) is 6.02. The number of halogens is 3. The number of nitrogens with zero attached hydrogens (tertiary/aromatic N) is 4. The number of amides is 2. The van der Waals surface area contributed by atoms with Crippen molar-refractivity contribution >= 4 is 29.1 Å². The molecule has 1 saturated heterocycles. The first-order chi connectivity index (χ1) is 18.2. The zero-order chi connectivity index (χ0) is 27.4. The van der Waals surface area contributed by atoms with Crippen molar-refractivity contribution in [3.05, 3.63) is 64.6 Å². The molecule has 38 heavy (non-hydrogen) atoms. The number of piperazine rings is 1. The number of anilines is 1. The Bertz CT molecular complexity index is 1340. The van der Waals surface area contributed by atoms with E-state index in [-0.39, 0.29) is 33.8 Å². The summed E-state index contributed by atoms with van der Waals surface area (Å²) in [6.07, 6.45) is 1.28. The standard InChI is InChI=1S/C26H29ClF2N6O3/c1-30-8-9-34-10-12-35(13-11-34)26(37)17-5-4-16(14-19(17)27)32-25(36)24-31-15-20(33(24)2)18-6-7-21(38-3)23(29)22(18)28/h4-7,14-15,30H,8-13H2,1-3H3,(H,32,36). The average molecular weight is 547 g/mol. The Morgan fingerprint density at radius 2 is 1.84 bits per heavy atom. The van der Waals surface area contributed by atoms with Gasteiger partial charge in [-0.15, -0.1) is 0 Å². The summed E-state index contributed by atoms with van der Waals surface area (Å²) in [4.78, 5) is 34.1. The van der Waals surface area contributed by atoms with E-state index in [9.17, 15) is 18.4 Å². The van der Waals surface area contributed by atoms with E-state index in [1.54, 1.807) is 17.0 Å². The monoisotopic (exact) mass is 546 g/mol. The van der Waals surface area contributed by atoms with Gasteiger partial charge in [0.1, 0.15) is 0 Å². The fourth-order valence-corrected chi connectivity index (χ4v) is 4.59. The molecule has 0 unspecified atom stereocenters. The number of methoxy groups -OCH3 is 1. The highest BCUT2D eigenvalue weighted by Gasteiger charge is 2.25. The van der Waals surface area contributed by atoms with Gasteiger partial charge in [0.25, 0.3) is 11.8 Å². The zero-order valence-corrected chi connectivity index (χ0v) is 22.1. The first-order valence-corrected chi connectivity index (χ1v) is 12.4. The number of benzene rings is 2. The Hall–Kier alpha value is -3.54. The second kappa shape index (κ2) is 11.9. The molecule has 12 heteroatoms. The summed E-state index contributed by atoms with van der Waals surface area (Å²) in [6, 6.07) is 7.32. The number of hydrogen-bond donors (Lipinski definition) is 2. The Morgan fingerprint density at radius 1 is 1.11 bits per heavy atom. The van der Waals surface area contributed by atoms with Crippen LogP contribution in [-0.4, -0.2) is 84.6 Å². The predicted molar refractivity (Wildman–Crippen MR) is 141 cm³/mol. The molecule has 2 amide bonds. The minimum absolute atomic E-state index is 0.0250. The van der Waals surface area contributed by atoms with Gasteiger partial charge in [0.05, 0.1) is 29.6 Å². The number of rotatable bonds is 8. The van der Waals surface area contributed by atoms with Crippen LogP contribution < -0.4 is 15.4 Å². The van der Waals surface area contributed by atoms with Crippen LogP contribution in [0.3, 0.4) is 0 Å². The number of carbonyl (C=O) groups excluding carboxylic acids is 2. The molecule has 202 valence electrons.